The number of aryl methyl sites for hydroxylation is 1. The van der Waals surface area contributed by atoms with Crippen LogP contribution in [0.5, 0.6) is 0 Å². The Hall–Kier alpha value is -3.32. The molecule has 1 nitrogen and oxygen atoms in total. The lowest BCUT2D eigenvalue weighted by molar-refractivity contribution is 0.669. The fourth-order valence-electron chi connectivity index (χ4n) is 3.51. The number of benzene rings is 4. The molecule has 1 aromatic heterocycles. The lowest BCUT2D eigenvalue weighted by Gasteiger charge is -2.06. The standard InChI is InChI=1S/C25H18O/c1-17-6-8-18(9-7-17)19-10-12-20(13-11-19)21-14-15-25-23(16-21)22-4-2-3-5-24(22)26-25/h2-16H,1H3. The molecule has 5 rings (SSSR count). The molecule has 124 valence electrons. The van der Waals surface area contributed by atoms with E-state index in [0.717, 1.165) is 11.2 Å². The Morgan fingerprint density at radius 2 is 1.04 bits per heavy atom. The third-order valence-corrected chi connectivity index (χ3v) is 4.98. The summed E-state index contributed by atoms with van der Waals surface area (Å²) < 4.78 is 5.93. The molecule has 0 aliphatic rings. The number of hydrogen-bond donors (Lipinski definition) is 0. The summed E-state index contributed by atoms with van der Waals surface area (Å²) in [5.74, 6) is 0. The second-order valence-corrected chi connectivity index (χ2v) is 6.75. The van der Waals surface area contributed by atoms with E-state index >= 15 is 0 Å². The molecule has 0 saturated carbocycles. The Morgan fingerprint density at radius 1 is 0.500 bits per heavy atom. The zero-order valence-corrected chi connectivity index (χ0v) is 14.6. The molecule has 26 heavy (non-hydrogen) atoms. The Bertz CT molecular complexity index is 1210. The van der Waals surface area contributed by atoms with Crippen LogP contribution in [0.4, 0.5) is 0 Å². The van der Waals surface area contributed by atoms with Gasteiger partial charge in [0.2, 0.25) is 0 Å². The van der Waals surface area contributed by atoms with Gasteiger partial charge in [0.15, 0.2) is 0 Å². The smallest absolute Gasteiger partial charge is 0.135 e. The van der Waals surface area contributed by atoms with Crippen molar-refractivity contribution < 1.29 is 4.42 Å². The van der Waals surface area contributed by atoms with Crippen molar-refractivity contribution in [2.75, 3.05) is 0 Å². The highest BCUT2D eigenvalue weighted by Gasteiger charge is 2.08. The minimum atomic E-state index is 0.936. The Labute approximate surface area is 152 Å². The maximum absolute atomic E-state index is 5.93. The molecular formula is C25H18O. The second-order valence-electron chi connectivity index (χ2n) is 6.75. The molecule has 0 bridgehead atoms. The molecule has 5 aromatic rings. The van der Waals surface area contributed by atoms with Crippen LogP contribution in [0.25, 0.3) is 44.2 Å². The van der Waals surface area contributed by atoms with Crippen molar-refractivity contribution in [1.82, 2.24) is 0 Å². The van der Waals surface area contributed by atoms with Crippen LogP contribution < -0.4 is 0 Å². The van der Waals surface area contributed by atoms with Crippen molar-refractivity contribution in [1.29, 1.82) is 0 Å². The van der Waals surface area contributed by atoms with Gasteiger partial charge in [0, 0.05) is 10.8 Å². The fraction of sp³-hybridized carbons (Fsp3) is 0.0400. The van der Waals surface area contributed by atoms with Crippen molar-refractivity contribution in [2.24, 2.45) is 0 Å². The van der Waals surface area contributed by atoms with Crippen LogP contribution in [0.1, 0.15) is 5.56 Å². The largest absolute Gasteiger partial charge is 0.456 e. The summed E-state index contributed by atoms with van der Waals surface area (Å²) in [6.45, 7) is 2.11. The minimum absolute atomic E-state index is 0.936. The fourth-order valence-corrected chi connectivity index (χ4v) is 3.51. The van der Waals surface area contributed by atoms with E-state index in [2.05, 4.69) is 85.8 Å². The summed E-state index contributed by atoms with van der Waals surface area (Å²) in [7, 11) is 0. The molecule has 0 radical (unpaired) electrons. The van der Waals surface area contributed by atoms with Crippen molar-refractivity contribution in [3.8, 4) is 22.3 Å². The van der Waals surface area contributed by atoms with E-state index in [1.165, 1.54) is 38.6 Å². The number of furan rings is 1. The SMILES string of the molecule is Cc1ccc(-c2ccc(-c3ccc4oc5ccccc5c4c3)cc2)cc1. The molecule has 0 N–H and O–H groups in total. The van der Waals surface area contributed by atoms with Crippen molar-refractivity contribution in [3.63, 3.8) is 0 Å². The van der Waals surface area contributed by atoms with Gasteiger partial charge in [0.05, 0.1) is 0 Å². The van der Waals surface area contributed by atoms with E-state index < -0.39 is 0 Å². The summed E-state index contributed by atoms with van der Waals surface area (Å²) >= 11 is 0. The molecular weight excluding hydrogens is 316 g/mol. The number of fused-ring (bicyclic) bond motifs is 3. The first-order valence-electron chi connectivity index (χ1n) is 8.87. The van der Waals surface area contributed by atoms with Gasteiger partial charge < -0.3 is 4.42 Å². The second kappa shape index (κ2) is 5.89. The van der Waals surface area contributed by atoms with Gasteiger partial charge in [-0.25, -0.2) is 0 Å². The third kappa shape index (κ3) is 2.49. The van der Waals surface area contributed by atoms with E-state index in [1.807, 2.05) is 12.1 Å². The van der Waals surface area contributed by atoms with Crippen LogP contribution >= 0.6 is 0 Å². The van der Waals surface area contributed by atoms with Gasteiger partial charge in [-0.1, -0.05) is 78.4 Å². The van der Waals surface area contributed by atoms with Gasteiger partial charge in [0.25, 0.3) is 0 Å². The molecule has 0 spiro atoms. The first kappa shape index (κ1) is 15.0. The van der Waals surface area contributed by atoms with Crippen molar-refractivity contribution in [3.05, 3.63) is 96.6 Å². The van der Waals surface area contributed by atoms with Crippen LogP contribution in [0, 0.1) is 6.92 Å². The van der Waals surface area contributed by atoms with E-state index in [0.29, 0.717) is 0 Å². The summed E-state index contributed by atoms with van der Waals surface area (Å²) in [5.41, 5.74) is 8.07. The molecule has 0 aliphatic heterocycles. The third-order valence-electron chi connectivity index (χ3n) is 4.98. The summed E-state index contributed by atoms with van der Waals surface area (Å²) in [6.07, 6.45) is 0. The van der Waals surface area contributed by atoms with Gasteiger partial charge in [-0.05, 0) is 47.4 Å². The normalized spacial score (nSPS) is 11.3. The van der Waals surface area contributed by atoms with Crippen LogP contribution in [0.3, 0.4) is 0 Å². The van der Waals surface area contributed by atoms with E-state index in [-0.39, 0.29) is 0 Å². The Morgan fingerprint density at radius 3 is 1.77 bits per heavy atom. The van der Waals surface area contributed by atoms with Crippen LogP contribution in [-0.4, -0.2) is 0 Å². The first-order valence-corrected chi connectivity index (χ1v) is 8.87. The summed E-state index contributed by atoms with van der Waals surface area (Å²) in [5, 5.41) is 2.33. The number of rotatable bonds is 2. The maximum atomic E-state index is 5.93. The van der Waals surface area contributed by atoms with Gasteiger partial charge in [-0.2, -0.15) is 0 Å². The highest BCUT2D eigenvalue weighted by molar-refractivity contribution is 6.06. The average Bonchev–Trinajstić information content (AvgIpc) is 3.07. The highest BCUT2D eigenvalue weighted by atomic mass is 16.3. The lowest BCUT2D eigenvalue weighted by atomic mass is 9.99. The lowest BCUT2D eigenvalue weighted by Crippen LogP contribution is -1.81. The van der Waals surface area contributed by atoms with Crippen LogP contribution in [0.2, 0.25) is 0 Å². The van der Waals surface area contributed by atoms with Gasteiger partial charge >= 0.3 is 0 Å². The molecule has 1 heterocycles. The predicted octanol–water partition coefficient (Wildman–Crippen LogP) is 7.23. The van der Waals surface area contributed by atoms with Crippen LogP contribution in [-0.2, 0) is 0 Å². The molecule has 4 aromatic carbocycles. The molecule has 0 aliphatic carbocycles. The maximum Gasteiger partial charge on any atom is 0.135 e. The average molecular weight is 334 g/mol. The molecule has 1 heteroatoms. The summed E-state index contributed by atoms with van der Waals surface area (Å²) in [4.78, 5) is 0. The quantitative estimate of drug-likeness (QED) is 0.332. The van der Waals surface area contributed by atoms with E-state index in [9.17, 15) is 0 Å². The van der Waals surface area contributed by atoms with Crippen molar-refractivity contribution in [2.45, 2.75) is 6.92 Å². The zero-order valence-electron chi connectivity index (χ0n) is 14.6. The number of para-hydroxylation sites is 1. The summed E-state index contributed by atoms with van der Waals surface area (Å²) in [6, 6.07) is 32.1. The highest BCUT2D eigenvalue weighted by Crippen LogP contribution is 2.33. The predicted molar refractivity (Wildman–Crippen MR) is 109 cm³/mol. The molecule has 0 unspecified atom stereocenters. The number of hydrogen-bond acceptors (Lipinski definition) is 1. The molecule has 0 amide bonds. The molecule has 0 saturated heterocycles. The van der Waals surface area contributed by atoms with Gasteiger partial charge in [0.1, 0.15) is 11.2 Å². The van der Waals surface area contributed by atoms with E-state index in [4.69, 9.17) is 4.42 Å². The minimum Gasteiger partial charge on any atom is -0.456 e. The Kier molecular flexibility index (Phi) is 3.39. The van der Waals surface area contributed by atoms with Gasteiger partial charge in [-0.15, -0.1) is 0 Å². The van der Waals surface area contributed by atoms with Gasteiger partial charge in [-0.3, -0.25) is 0 Å². The topological polar surface area (TPSA) is 13.1 Å². The monoisotopic (exact) mass is 334 g/mol. The molecule has 0 fully saturated rings. The Balaban J connectivity index is 1.56. The van der Waals surface area contributed by atoms with Crippen molar-refractivity contribution >= 4 is 21.9 Å². The van der Waals surface area contributed by atoms with Crippen LogP contribution in [0.15, 0.2) is 95.4 Å². The molecule has 0 atom stereocenters. The first-order chi connectivity index (χ1) is 12.8. The zero-order chi connectivity index (χ0) is 17.5. The van der Waals surface area contributed by atoms with E-state index in [1.54, 1.807) is 0 Å².